The Hall–Kier alpha value is -0.910. The molecule has 0 fully saturated rings. The molecule has 0 unspecified atom stereocenters. The number of hydrogen-bond acceptors (Lipinski definition) is 5. The van der Waals surface area contributed by atoms with Gasteiger partial charge in [-0.1, -0.05) is 0 Å². The summed E-state index contributed by atoms with van der Waals surface area (Å²) in [6.07, 6.45) is 0. The van der Waals surface area contributed by atoms with E-state index < -0.39 is 0 Å². The summed E-state index contributed by atoms with van der Waals surface area (Å²) in [6.45, 7) is 0.739. The van der Waals surface area contributed by atoms with Gasteiger partial charge in [0.2, 0.25) is 0 Å². The highest BCUT2D eigenvalue weighted by molar-refractivity contribution is 7.13. The zero-order valence-corrected chi connectivity index (χ0v) is 8.67. The lowest BCUT2D eigenvalue weighted by atomic mass is 10.4. The predicted octanol–water partition coefficient (Wildman–Crippen LogP) is 1.04. The largest absolute Gasteiger partial charge is 0.465 e. The second-order valence-corrected chi connectivity index (χ2v) is 3.70. The van der Waals surface area contributed by atoms with Crippen molar-refractivity contribution in [3.8, 4) is 0 Å². The molecule has 0 aliphatic heterocycles. The third kappa shape index (κ3) is 3.10. The van der Waals surface area contributed by atoms with Gasteiger partial charge in [0.1, 0.15) is 4.88 Å². The molecule has 0 saturated heterocycles. The van der Waals surface area contributed by atoms with Gasteiger partial charge in [0.05, 0.1) is 26.9 Å². The Morgan fingerprint density at radius 2 is 2.36 bits per heavy atom. The van der Waals surface area contributed by atoms with Gasteiger partial charge in [-0.2, -0.15) is 0 Å². The van der Waals surface area contributed by atoms with Gasteiger partial charge in [-0.15, -0.1) is 11.3 Å². The molecule has 0 aliphatic rings. The molecule has 1 rings (SSSR count). The van der Waals surface area contributed by atoms with Crippen molar-refractivity contribution in [2.24, 2.45) is 0 Å². The summed E-state index contributed by atoms with van der Waals surface area (Å²) in [5.41, 5.74) is 0. The fraction of sp³-hybridized carbons (Fsp3) is 0.444. The van der Waals surface area contributed by atoms with Gasteiger partial charge < -0.3 is 14.6 Å². The van der Waals surface area contributed by atoms with Crippen LogP contribution in [0.1, 0.15) is 14.5 Å². The molecule has 0 radical (unpaired) electrons. The standard InChI is InChI=1S/C9H12O4S/c1-12-9(11)8-3-2-7(14-8)6-13-5-4-10/h2-3,10H,4-6H2,1H3. The van der Waals surface area contributed by atoms with Crippen molar-refractivity contribution in [2.45, 2.75) is 6.61 Å². The van der Waals surface area contributed by atoms with Gasteiger partial charge in [-0.3, -0.25) is 0 Å². The fourth-order valence-electron chi connectivity index (χ4n) is 0.903. The van der Waals surface area contributed by atoms with Gasteiger partial charge in [0, 0.05) is 4.88 Å². The summed E-state index contributed by atoms with van der Waals surface area (Å²) >= 11 is 1.33. The van der Waals surface area contributed by atoms with E-state index in [1.165, 1.54) is 18.4 Å². The molecule has 0 bridgehead atoms. The molecular weight excluding hydrogens is 204 g/mol. The number of carbonyl (C=O) groups excluding carboxylic acids is 1. The third-order valence-electron chi connectivity index (χ3n) is 1.53. The normalized spacial score (nSPS) is 10.1. The Morgan fingerprint density at radius 1 is 1.57 bits per heavy atom. The smallest absolute Gasteiger partial charge is 0.348 e. The monoisotopic (exact) mass is 216 g/mol. The molecule has 0 aliphatic carbocycles. The fourth-order valence-corrected chi connectivity index (χ4v) is 1.77. The number of methoxy groups -OCH3 is 1. The Morgan fingerprint density at radius 3 is 3.00 bits per heavy atom. The summed E-state index contributed by atoms with van der Waals surface area (Å²) in [5.74, 6) is -0.330. The number of carbonyl (C=O) groups is 1. The highest BCUT2D eigenvalue weighted by Gasteiger charge is 2.08. The Labute approximate surface area is 86.1 Å². The van der Waals surface area contributed by atoms with Gasteiger partial charge >= 0.3 is 5.97 Å². The van der Waals surface area contributed by atoms with E-state index in [1.807, 2.05) is 6.07 Å². The summed E-state index contributed by atoms with van der Waals surface area (Å²) in [7, 11) is 1.35. The van der Waals surface area contributed by atoms with Gasteiger partial charge in [0.15, 0.2) is 0 Å². The van der Waals surface area contributed by atoms with Crippen molar-refractivity contribution in [1.82, 2.24) is 0 Å². The van der Waals surface area contributed by atoms with Crippen molar-refractivity contribution < 1.29 is 19.4 Å². The first-order chi connectivity index (χ1) is 6.77. The van der Waals surface area contributed by atoms with Crippen LogP contribution in [0.15, 0.2) is 12.1 Å². The second-order valence-electron chi connectivity index (χ2n) is 2.53. The predicted molar refractivity (Wildman–Crippen MR) is 52.4 cm³/mol. The molecule has 14 heavy (non-hydrogen) atoms. The van der Waals surface area contributed by atoms with Crippen LogP contribution in [-0.2, 0) is 16.1 Å². The minimum absolute atomic E-state index is 0.00916. The van der Waals surface area contributed by atoms with Crippen LogP contribution >= 0.6 is 11.3 Å². The molecule has 1 aromatic rings. The van der Waals surface area contributed by atoms with E-state index in [-0.39, 0.29) is 12.6 Å². The lowest BCUT2D eigenvalue weighted by molar-refractivity contribution is 0.0606. The van der Waals surface area contributed by atoms with E-state index in [9.17, 15) is 4.79 Å². The molecule has 1 heterocycles. The SMILES string of the molecule is COC(=O)c1ccc(COCCO)s1. The minimum atomic E-state index is -0.330. The van der Waals surface area contributed by atoms with E-state index in [4.69, 9.17) is 9.84 Å². The Bertz CT molecular complexity index is 295. The Balaban J connectivity index is 2.46. The van der Waals surface area contributed by atoms with Crippen LogP contribution in [0.4, 0.5) is 0 Å². The first kappa shape index (κ1) is 11.2. The number of hydrogen-bond donors (Lipinski definition) is 1. The Kier molecular flexibility index (Phi) is 4.58. The minimum Gasteiger partial charge on any atom is -0.465 e. The summed E-state index contributed by atoms with van der Waals surface area (Å²) in [5, 5.41) is 8.48. The van der Waals surface area contributed by atoms with Crippen LogP contribution in [0, 0.1) is 0 Å². The third-order valence-corrected chi connectivity index (χ3v) is 2.57. The van der Waals surface area contributed by atoms with E-state index in [2.05, 4.69) is 4.74 Å². The molecule has 78 valence electrons. The van der Waals surface area contributed by atoms with Crippen molar-refractivity contribution in [1.29, 1.82) is 0 Å². The summed E-state index contributed by atoms with van der Waals surface area (Å²) < 4.78 is 9.67. The van der Waals surface area contributed by atoms with Crippen molar-refractivity contribution in [2.75, 3.05) is 20.3 Å². The average Bonchev–Trinajstić information content (AvgIpc) is 2.66. The highest BCUT2D eigenvalue weighted by Crippen LogP contribution is 2.17. The number of thiophene rings is 1. The van der Waals surface area contributed by atoms with Crippen LogP contribution in [0.2, 0.25) is 0 Å². The molecule has 0 saturated carbocycles. The maximum atomic E-state index is 11.1. The molecule has 0 atom stereocenters. The average molecular weight is 216 g/mol. The maximum Gasteiger partial charge on any atom is 0.348 e. The van der Waals surface area contributed by atoms with Crippen LogP contribution in [0.5, 0.6) is 0 Å². The van der Waals surface area contributed by atoms with Crippen molar-refractivity contribution in [3.05, 3.63) is 21.9 Å². The highest BCUT2D eigenvalue weighted by atomic mass is 32.1. The number of ether oxygens (including phenoxy) is 2. The van der Waals surface area contributed by atoms with E-state index in [0.29, 0.717) is 18.1 Å². The number of rotatable bonds is 5. The zero-order chi connectivity index (χ0) is 10.4. The molecular formula is C9H12O4S. The number of aliphatic hydroxyl groups excluding tert-OH is 1. The zero-order valence-electron chi connectivity index (χ0n) is 7.86. The lowest BCUT2D eigenvalue weighted by Gasteiger charge is -1.97. The first-order valence-corrected chi connectivity index (χ1v) is 4.95. The summed E-state index contributed by atoms with van der Waals surface area (Å²) in [6, 6.07) is 3.52. The van der Waals surface area contributed by atoms with Crippen LogP contribution in [0.25, 0.3) is 0 Å². The van der Waals surface area contributed by atoms with E-state index in [0.717, 1.165) is 4.88 Å². The second kappa shape index (κ2) is 5.74. The topological polar surface area (TPSA) is 55.8 Å². The molecule has 4 nitrogen and oxygen atoms in total. The van der Waals surface area contributed by atoms with Gasteiger partial charge in [-0.25, -0.2) is 4.79 Å². The summed E-state index contributed by atoms with van der Waals surface area (Å²) in [4.78, 5) is 12.6. The van der Waals surface area contributed by atoms with Crippen LogP contribution in [0.3, 0.4) is 0 Å². The van der Waals surface area contributed by atoms with Gasteiger partial charge in [-0.05, 0) is 12.1 Å². The van der Waals surface area contributed by atoms with Crippen LogP contribution < -0.4 is 0 Å². The maximum absolute atomic E-state index is 11.1. The quantitative estimate of drug-likeness (QED) is 0.590. The molecule has 1 aromatic heterocycles. The van der Waals surface area contributed by atoms with Crippen molar-refractivity contribution in [3.63, 3.8) is 0 Å². The van der Waals surface area contributed by atoms with Gasteiger partial charge in [0.25, 0.3) is 0 Å². The molecule has 5 heteroatoms. The van der Waals surface area contributed by atoms with E-state index in [1.54, 1.807) is 6.07 Å². The lowest BCUT2D eigenvalue weighted by Crippen LogP contribution is -1.98. The number of esters is 1. The molecule has 1 N–H and O–H groups in total. The number of aliphatic hydroxyl groups is 1. The first-order valence-electron chi connectivity index (χ1n) is 4.13. The molecule has 0 aromatic carbocycles. The molecule has 0 amide bonds. The van der Waals surface area contributed by atoms with E-state index >= 15 is 0 Å². The van der Waals surface area contributed by atoms with Crippen LogP contribution in [-0.4, -0.2) is 31.4 Å². The van der Waals surface area contributed by atoms with Crippen molar-refractivity contribution >= 4 is 17.3 Å². The molecule has 0 spiro atoms.